The number of nitrogen functional groups attached to an aromatic ring is 1. The summed E-state index contributed by atoms with van der Waals surface area (Å²) in [6.07, 6.45) is 0. The van der Waals surface area contributed by atoms with Crippen molar-refractivity contribution in [3.8, 4) is 5.75 Å². The fourth-order valence-corrected chi connectivity index (χ4v) is 1.10. The second-order valence-corrected chi connectivity index (χ2v) is 2.62. The van der Waals surface area contributed by atoms with Crippen LogP contribution in [0.3, 0.4) is 0 Å². The Hall–Kier alpha value is -1.78. The van der Waals surface area contributed by atoms with Crippen molar-refractivity contribution < 1.29 is 9.66 Å². The monoisotopic (exact) mass is 182 g/mol. The van der Waals surface area contributed by atoms with Crippen LogP contribution in [-0.2, 0) is 0 Å². The summed E-state index contributed by atoms with van der Waals surface area (Å²) in [5, 5.41) is 10.5. The summed E-state index contributed by atoms with van der Waals surface area (Å²) in [7, 11) is 1.45. The summed E-state index contributed by atoms with van der Waals surface area (Å²) in [6.45, 7) is 1.62. The number of hydrogen-bond donors (Lipinski definition) is 1. The Balaban J connectivity index is 3.35. The number of hydrogen-bond acceptors (Lipinski definition) is 4. The summed E-state index contributed by atoms with van der Waals surface area (Å²) in [6, 6.07) is 2.88. The van der Waals surface area contributed by atoms with Crippen LogP contribution in [0.15, 0.2) is 12.1 Å². The number of ether oxygens (including phenoxy) is 1. The molecule has 1 rings (SSSR count). The van der Waals surface area contributed by atoms with Crippen molar-refractivity contribution in [1.82, 2.24) is 0 Å². The number of benzene rings is 1. The average molecular weight is 182 g/mol. The fourth-order valence-electron chi connectivity index (χ4n) is 1.10. The number of nitrogens with two attached hydrogens (primary N) is 1. The molecule has 0 unspecified atom stereocenters. The molecule has 2 N–H and O–H groups in total. The number of nitro groups is 1. The number of anilines is 1. The van der Waals surface area contributed by atoms with Gasteiger partial charge in [-0.1, -0.05) is 0 Å². The number of rotatable bonds is 2. The Labute approximate surface area is 75.3 Å². The van der Waals surface area contributed by atoms with Crippen molar-refractivity contribution in [3.05, 3.63) is 27.8 Å². The maximum Gasteiger partial charge on any atom is 0.278 e. The first-order valence-corrected chi connectivity index (χ1v) is 3.64. The van der Waals surface area contributed by atoms with Crippen LogP contribution in [0.5, 0.6) is 5.75 Å². The van der Waals surface area contributed by atoms with Crippen LogP contribution in [0.4, 0.5) is 11.4 Å². The van der Waals surface area contributed by atoms with Crippen molar-refractivity contribution in [3.63, 3.8) is 0 Å². The van der Waals surface area contributed by atoms with Gasteiger partial charge in [0.25, 0.3) is 5.69 Å². The first-order chi connectivity index (χ1) is 6.06. The van der Waals surface area contributed by atoms with Gasteiger partial charge in [0.05, 0.1) is 17.6 Å². The van der Waals surface area contributed by atoms with E-state index in [1.54, 1.807) is 13.0 Å². The summed E-state index contributed by atoms with van der Waals surface area (Å²) in [5.41, 5.74) is 6.26. The first-order valence-electron chi connectivity index (χ1n) is 3.64. The zero-order valence-corrected chi connectivity index (χ0v) is 7.40. The van der Waals surface area contributed by atoms with Crippen LogP contribution >= 0.6 is 0 Å². The summed E-state index contributed by atoms with van der Waals surface area (Å²) in [4.78, 5) is 10.1. The van der Waals surface area contributed by atoms with Crippen LogP contribution in [0, 0.1) is 17.0 Å². The van der Waals surface area contributed by atoms with Gasteiger partial charge in [-0.3, -0.25) is 10.1 Å². The van der Waals surface area contributed by atoms with E-state index in [1.165, 1.54) is 13.2 Å². The third-order valence-electron chi connectivity index (χ3n) is 1.77. The van der Waals surface area contributed by atoms with Gasteiger partial charge in [-0.2, -0.15) is 0 Å². The van der Waals surface area contributed by atoms with E-state index in [4.69, 9.17) is 10.5 Å². The van der Waals surface area contributed by atoms with Crippen molar-refractivity contribution in [2.45, 2.75) is 6.92 Å². The molecule has 0 heterocycles. The normalized spacial score (nSPS) is 9.69. The predicted molar refractivity (Wildman–Crippen MR) is 48.8 cm³/mol. The SMILES string of the molecule is COc1cc(N)cc([N+](=O)[O-])c1C. The molecule has 0 fully saturated rings. The van der Waals surface area contributed by atoms with Gasteiger partial charge < -0.3 is 10.5 Å². The highest BCUT2D eigenvalue weighted by Crippen LogP contribution is 2.30. The zero-order chi connectivity index (χ0) is 10.0. The molecule has 0 amide bonds. The van der Waals surface area contributed by atoms with E-state index >= 15 is 0 Å². The van der Waals surface area contributed by atoms with Gasteiger partial charge in [-0.05, 0) is 6.92 Å². The highest BCUT2D eigenvalue weighted by Gasteiger charge is 2.15. The molecule has 13 heavy (non-hydrogen) atoms. The maximum absolute atomic E-state index is 10.5. The lowest BCUT2D eigenvalue weighted by atomic mass is 10.1. The third-order valence-corrected chi connectivity index (χ3v) is 1.77. The minimum atomic E-state index is -0.478. The van der Waals surface area contributed by atoms with Gasteiger partial charge in [0.1, 0.15) is 5.75 Å². The van der Waals surface area contributed by atoms with E-state index in [0.29, 0.717) is 17.0 Å². The molecule has 0 aromatic heterocycles. The van der Waals surface area contributed by atoms with Crippen molar-refractivity contribution >= 4 is 11.4 Å². The van der Waals surface area contributed by atoms with E-state index in [1.807, 2.05) is 0 Å². The number of nitrogens with zero attached hydrogens (tertiary/aromatic N) is 1. The summed E-state index contributed by atoms with van der Waals surface area (Å²) >= 11 is 0. The highest BCUT2D eigenvalue weighted by molar-refractivity contribution is 5.59. The van der Waals surface area contributed by atoms with Crippen LogP contribution in [0.2, 0.25) is 0 Å². The highest BCUT2D eigenvalue weighted by atomic mass is 16.6. The number of nitro benzene ring substituents is 1. The quantitative estimate of drug-likeness (QED) is 0.427. The molecule has 1 aromatic carbocycles. The minimum Gasteiger partial charge on any atom is -0.496 e. The van der Waals surface area contributed by atoms with Gasteiger partial charge in [0, 0.05) is 17.8 Å². The molecule has 0 bridgehead atoms. The molecular weight excluding hydrogens is 172 g/mol. The van der Waals surface area contributed by atoms with Crippen LogP contribution in [0.1, 0.15) is 5.56 Å². The molecule has 0 aliphatic carbocycles. The van der Waals surface area contributed by atoms with Crippen molar-refractivity contribution in [1.29, 1.82) is 0 Å². The Bertz CT molecular complexity index is 349. The Morgan fingerprint density at radius 1 is 1.54 bits per heavy atom. The molecule has 0 aliphatic rings. The van der Waals surface area contributed by atoms with Crippen molar-refractivity contribution in [2.24, 2.45) is 0 Å². The standard InChI is InChI=1S/C8H10N2O3/c1-5-7(10(11)12)3-6(9)4-8(5)13-2/h3-4H,9H2,1-2H3. The molecule has 5 nitrogen and oxygen atoms in total. The molecular formula is C8H10N2O3. The first kappa shape index (κ1) is 9.31. The van der Waals surface area contributed by atoms with Gasteiger partial charge in [0.2, 0.25) is 0 Å². The Morgan fingerprint density at radius 2 is 2.15 bits per heavy atom. The van der Waals surface area contributed by atoms with Crippen LogP contribution in [0.25, 0.3) is 0 Å². The van der Waals surface area contributed by atoms with E-state index in [-0.39, 0.29) is 5.69 Å². The largest absolute Gasteiger partial charge is 0.496 e. The van der Waals surface area contributed by atoms with E-state index in [0.717, 1.165) is 0 Å². The molecule has 0 spiro atoms. The van der Waals surface area contributed by atoms with Gasteiger partial charge in [0.15, 0.2) is 0 Å². The molecule has 0 saturated carbocycles. The second-order valence-electron chi connectivity index (χ2n) is 2.62. The van der Waals surface area contributed by atoms with Gasteiger partial charge >= 0.3 is 0 Å². The van der Waals surface area contributed by atoms with Crippen LogP contribution in [-0.4, -0.2) is 12.0 Å². The third kappa shape index (κ3) is 1.69. The predicted octanol–water partition coefficient (Wildman–Crippen LogP) is 1.49. The molecule has 0 radical (unpaired) electrons. The Morgan fingerprint density at radius 3 is 2.62 bits per heavy atom. The summed E-state index contributed by atoms with van der Waals surface area (Å²) in [5.74, 6) is 0.437. The number of methoxy groups -OCH3 is 1. The topological polar surface area (TPSA) is 78.4 Å². The van der Waals surface area contributed by atoms with E-state index in [9.17, 15) is 10.1 Å². The van der Waals surface area contributed by atoms with Crippen LogP contribution < -0.4 is 10.5 Å². The molecule has 0 atom stereocenters. The lowest BCUT2D eigenvalue weighted by Gasteiger charge is -2.05. The molecule has 0 aliphatic heterocycles. The molecule has 70 valence electrons. The van der Waals surface area contributed by atoms with Gasteiger partial charge in [-0.25, -0.2) is 0 Å². The molecule has 1 aromatic rings. The molecule has 5 heteroatoms. The smallest absolute Gasteiger partial charge is 0.278 e. The lowest BCUT2D eigenvalue weighted by Crippen LogP contribution is -1.97. The van der Waals surface area contributed by atoms with Gasteiger partial charge in [-0.15, -0.1) is 0 Å². The van der Waals surface area contributed by atoms with E-state index < -0.39 is 4.92 Å². The summed E-state index contributed by atoms with van der Waals surface area (Å²) < 4.78 is 4.93. The molecule has 0 saturated heterocycles. The van der Waals surface area contributed by atoms with Crippen molar-refractivity contribution in [2.75, 3.05) is 12.8 Å². The maximum atomic E-state index is 10.5. The fraction of sp³-hybridized carbons (Fsp3) is 0.250. The van der Waals surface area contributed by atoms with E-state index in [2.05, 4.69) is 0 Å². The average Bonchev–Trinajstić information content (AvgIpc) is 2.08. The minimum absolute atomic E-state index is 0.0168. The Kier molecular flexibility index (Phi) is 2.36. The second kappa shape index (κ2) is 3.30. The zero-order valence-electron chi connectivity index (χ0n) is 7.40. The lowest BCUT2D eigenvalue weighted by molar-refractivity contribution is -0.385.